The molecule has 1 N–H and O–H groups in total. The van der Waals surface area contributed by atoms with Crippen molar-refractivity contribution < 1.29 is 14.7 Å². The average molecular weight is 168 g/mol. The van der Waals surface area contributed by atoms with Gasteiger partial charge in [-0.3, -0.25) is 9.59 Å². The van der Waals surface area contributed by atoms with Crippen molar-refractivity contribution in [3.05, 3.63) is 0 Å². The minimum atomic E-state index is -0.690. The van der Waals surface area contributed by atoms with Crippen molar-refractivity contribution in [3.63, 3.8) is 0 Å². The highest BCUT2D eigenvalue weighted by atomic mass is 16.4. The molecule has 2 aliphatic carbocycles. The Kier molecular flexibility index (Phi) is 1.50. The lowest BCUT2D eigenvalue weighted by atomic mass is 9.99. The van der Waals surface area contributed by atoms with Gasteiger partial charge in [0.1, 0.15) is 5.78 Å². The van der Waals surface area contributed by atoms with E-state index in [1.54, 1.807) is 6.92 Å². The Morgan fingerprint density at radius 3 is 2.08 bits per heavy atom. The number of carbonyl (C=O) groups excluding carboxylic acids is 1. The number of carbonyl (C=O) groups is 2. The molecule has 3 heteroatoms. The summed E-state index contributed by atoms with van der Waals surface area (Å²) in [5.41, 5.74) is 0. The standard InChI is InChI=1S/C9H12O3/c1-4(10)8-6-2-5(9(11)12)3-7(6)8/h5-8H,2-3H2,1H3,(H,11,12)/t5-,6+,7-,8-. The zero-order valence-electron chi connectivity index (χ0n) is 6.99. The molecule has 2 fully saturated rings. The Labute approximate surface area is 70.8 Å². The fourth-order valence-electron chi connectivity index (χ4n) is 2.65. The van der Waals surface area contributed by atoms with Crippen LogP contribution in [0.2, 0.25) is 0 Å². The Morgan fingerprint density at radius 2 is 1.75 bits per heavy atom. The second-order valence-electron chi connectivity index (χ2n) is 3.97. The molecular formula is C9H12O3. The van der Waals surface area contributed by atoms with Crippen LogP contribution in [-0.4, -0.2) is 16.9 Å². The third-order valence-corrected chi connectivity index (χ3v) is 3.26. The van der Waals surface area contributed by atoms with Gasteiger partial charge in [-0.25, -0.2) is 0 Å². The molecule has 0 spiro atoms. The molecule has 66 valence electrons. The largest absolute Gasteiger partial charge is 0.481 e. The topological polar surface area (TPSA) is 54.4 Å². The Bertz CT molecular complexity index is 222. The van der Waals surface area contributed by atoms with E-state index < -0.39 is 5.97 Å². The molecule has 0 aliphatic heterocycles. The van der Waals surface area contributed by atoms with Gasteiger partial charge in [-0.2, -0.15) is 0 Å². The summed E-state index contributed by atoms with van der Waals surface area (Å²) < 4.78 is 0. The molecule has 4 atom stereocenters. The molecule has 2 aliphatic rings. The first-order valence-corrected chi connectivity index (χ1v) is 4.34. The van der Waals surface area contributed by atoms with Crippen molar-refractivity contribution in [2.24, 2.45) is 23.7 Å². The van der Waals surface area contributed by atoms with E-state index in [1.807, 2.05) is 0 Å². The van der Waals surface area contributed by atoms with Crippen LogP contribution in [-0.2, 0) is 9.59 Å². The molecule has 0 saturated heterocycles. The summed E-state index contributed by atoms with van der Waals surface area (Å²) in [6, 6.07) is 0. The first kappa shape index (κ1) is 7.77. The number of hydrogen-bond acceptors (Lipinski definition) is 2. The minimum Gasteiger partial charge on any atom is -0.481 e. The molecule has 12 heavy (non-hydrogen) atoms. The van der Waals surface area contributed by atoms with Crippen LogP contribution in [0.4, 0.5) is 0 Å². The molecule has 0 aromatic carbocycles. The van der Waals surface area contributed by atoms with Gasteiger partial charge in [-0.15, -0.1) is 0 Å². The number of aliphatic carboxylic acids is 1. The van der Waals surface area contributed by atoms with Crippen molar-refractivity contribution in [2.45, 2.75) is 19.8 Å². The quantitative estimate of drug-likeness (QED) is 0.667. The average Bonchev–Trinajstić information content (AvgIpc) is 2.48. The predicted octanol–water partition coefficient (Wildman–Crippen LogP) is 0.932. The Balaban J connectivity index is 1.94. The van der Waals surface area contributed by atoms with Gasteiger partial charge in [0.15, 0.2) is 0 Å². The van der Waals surface area contributed by atoms with E-state index in [9.17, 15) is 9.59 Å². The van der Waals surface area contributed by atoms with Gasteiger partial charge in [0.2, 0.25) is 0 Å². The number of rotatable bonds is 2. The fraction of sp³-hybridized carbons (Fsp3) is 0.778. The highest BCUT2D eigenvalue weighted by Crippen LogP contribution is 2.59. The number of Topliss-reactive ketones (excluding diaryl/α,β-unsaturated/α-hetero) is 1. The summed E-state index contributed by atoms with van der Waals surface area (Å²) >= 11 is 0. The van der Waals surface area contributed by atoms with Crippen molar-refractivity contribution in [3.8, 4) is 0 Å². The SMILES string of the molecule is CC(=O)[C@H]1[C@@H]2C[C@H](C(=O)O)C[C@@H]21. The maximum atomic E-state index is 10.9. The molecule has 2 rings (SSSR count). The molecule has 0 unspecified atom stereocenters. The van der Waals surface area contributed by atoms with Gasteiger partial charge in [-0.1, -0.05) is 0 Å². The van der Waals surface area contributed by atoms with Gasteiger partial charge < -0.3 is 5.11 Å². The molecule has 2 saturated carbocycles. The van der Waals surface area contributed by atoms with E-state index in [-0.39, 0.29) is 17.6 Å². The fourth-order valence-corrected chi connectivity index (χ4v) is 2.65. The molecule has 0 radical (unpaired) electrons. The second kappa shape index (κ2) is 2.31. The monoisotopic (exact) mass is 168 g/mol. The molecule has 3 nitrogen and oxygen atoms in total. The van der Waals surface area contributed by atoms with Crippen molar-refractivity contribution in [1.29, 1.82) is 0 Å². The van der Waals surface area contributed by atoms with Gasteiger partial charge in [0.25, 0.3) is 0 Å². The molecule has 0 aromatic rings. The van der Waals surface area contributed by atoms with Crippen LogP contribution >= 0.6 is 0 Å². The van der Waals surface area contributed by atoms with Crippen molar-refractivity contribution in [1.82, 2.24) is 0 Å². The summed E-state index contributed by atoms with van der Waals surface area (Å²) in [5.74, 6) is 0.404. The van der Waals surface area contributed by atoms with E-state index >= 15 is 0 Å². The summed E-state index contributed by atoms with van der Waals surface area (Å²) in [6.45, 7) is 1.61. The maximum absolute atomic E-state index is 10.9. The second-order valence-corrected chi connectivity index (χ2v) is 3.97. The third-order valence-electron chi connectivity index (χ3n) is 3.26. The lowest BCUT2D eigenvalue weighted by Gasteiger charge is -2.06. The summed E-state index contributed by atoms with van der Waals surface area (Å²) in [5, 5.41) is 8.69. The number of fused-ring (bicyclic) bond motifs is 1. The van der Waals surface area contributed by atoms with E-state index in [2.05, 4.69) is 0 Å². The van der Waals surface area contributed by atoms with Crippen LogP contribution in [0.1, 0.15) is 19.8 Å². The van der Waals surface area contributed by atoms with Crippen LogP contribution in [0.5, 0.6) is 0 Å². The molecule has 0 heterocycles. The number of carboxylic acids is 1. The molecular weight excluding hydrogens is 156 g/mol. The smallest absolute Gasteiger partial charge is 0.306 e. The van der Waals surface area contributed by atoms with Crippen LogP contribution in [0.25, 0.3) is 0 Å². The lowest BCUT2D eigenvalue weighted by Crippen LogP contribution is -2.14. The van der Waals surface area contributed by atoms with Crippen LogP contribution in [0, 0.1) is 23.7 Å². The van der Waals surface area contributed by atoms with Gasteiger partial charge in [0.05, 0.1) is 5.92 Å². The number of carboxylic acid groups (broad SMARTS) is 1. The molecule has 0 aromatic heterocycles. The third kappa shape index (κ3) is 0.958. The number of ketones is 1. The minimum absolute atomic E-state index is 0.171. The predicted molar refractivity (Wildman–Crippen MR) is 41.5 cm³/mol. The van der Waals surface area contributed by atoms with E-state index in [0.717, 1.165) is 12.8 Å². The zero-order valence-corrected chi connectivity index (χ0v) is 6.99. The van der Waals surface area contributed by atoms with Crippen LogP contribution < -0.4 is 0 Å². The van der Waals surface area contributed by atoms with Gasteiger partial charge >= 0.3 is 5.97 Å². The molecule has 0 amide bonds. The van der Waals surface area contributed by atoms with E-state index in [4.69, 9.17) is 5.11 Å². The highest BCUT2D eigenvalue weighted by molar-refractivity contribution is 5.83. The van der Waals surface area contributed by atoms with E-state index in [1.165, 1.54) is 0 Å². The number of hydrogen-bond donors (Lipinski definition) is 1. The summed E-state index contributed by atoms with van der Waals surface area (Å²) in [4.78, 5) is 21.5. The van der Waals surface area contributed by atoms with Gasteiger partial charge in [-0.05, 0) is 31.6 Å². The zero-order chi connectivity index (χ0) is 8.88. The maximum Gasteiger partial charge on any atom is 0.306 e. The van der Waals surface area contributed by atoms with Crippen molar-refractivity contribution in [2.75, 3.05) is 0 Å². The summed E-state index contributed by atoms with van der Waals surface area (Å²) in [6.07, 6.45) is 1.45. The Hall–Kier alpha value is -0.860. The first-order chi connectivity index (χ1) is 5.61. The molecule has 0 bridgehead atoms. The lowest BCUT2D eigenvalue weighted by molar-refractivity contribution is -0.142. The van der Waals surface area contributed by atoms with Crippen molar-refractivity contribution >= 4 is 11.8 Å². The highest BCUT2D eigenvalue weighted by Gasteiger charge is 2.59. The first-order valence-electron chi connectivity index (χ1n) is 4.34. The normalized spacial score (nSPS) is 43.8. The van der Waals surface area contributed by atoms with E-state index in [0.29, 0.717) is 11.8 Å². The van der Waals surface area contributed by atoms with Gasteiger partial charge in [0, 0.05) is 5.92 Å². The van der Waals surface area contributed by atoms with Crippen LogP contribution in [0.15, 0.2) is 0 Å². The Morgan fingerprint density at radius 1 is 1.25 bits per heavy atom. The van der Waals surface area contributed by atoms with Crippen LogP contribution in [0.3, 0.4) is 0 Å². The summed E-state index contributed by atoms with van der Waals surface area (Å²) in [7, 11) is 0.